The molecule has 0 atom stereocenters. The quantitative estimate of drug-likeness (QED) is 0.584. The maximum atomic E-state index is 9.67. The van der Waals surface area contributed by atoms with Crippen molar-refractivity contribution in [3.05, 3.63) is 5.69 Å². The predicted molar refractivity (Wildman–Crippen MR) is 56.1 cm³/mol. The van der Waals surface area contributed by atoms with Crippen molar-refractivity contribution < 1.29 is 5.11 Å². The lowest BCUT2D eigenvalue weighted by Crippen LogP contribution is -2.07. The van der Waals surface area contributed by atoms with Gasteiger partial charge in [0.15, 0.2) is 11.4 Å². The number of aromatic hydroxyl groups is 1. The number of nitrogens with zero attached hydrogens (tertiary/aromatic N) is 5. The highest BCUT2D eigenvalue weighted by molar-refractivity contribution is 5.67. The molecule has 0 saturated heterocycles. The summed E-state index contributed by atoms with van der Waals surface area (Å²) in [5.74, 6) is -0.0767. The van der Waals surface area contributed by atoms with Crippen molar-refractivity contribution in [1.82, 2.24) is 14.7 Å². The van der Waals surface area contributed by atoms with E-state index in [0.717, 1.165) is 0 Å². The molecule has 6 nitrogen and oxygen atoms in total. The molecule has 0 aliphatic carbocycles. The van der Waals surface area contributed by atoms with Crippen LogP contribution in [-0.4, -0.2) is 40.2 Å². The highest BCUT2D eigenvalue weighted by Crippen LogP contribution is 2.29. The Morgan fingerprint density at radius 2 is 2.33 bits per heavy atom. The Labute approximate surface area is 88.1 Å². The molecular formula is C9H13N5O. The van der Waals surface area contributed by atoms with Crippen LogP contribution in [0.3, 0.4) is 0 Å². The molecule has 0 amide bonds. The molecule has 1 N–H and O–H groups in total. The van der Waals surface area contributed by atoms with E-state index in [0.29, 0.717) is 6.54 Å². The normalized spacial score (nSPS) is 10.5. The first-order chi connectivity index (χ1) is 7.10. The summed E-state index contributed by atoms with van der Waals surface area (Å²) in [6, 6.07) is 1.89. The summed E-state index contributed by atoms with van der Waals surface area (Å²) < 4.78 is 1.33. The SMILES string of the molecule is CCn1nc(C#N)c(/N=C/N(C)C)c1O. The average molecular weight is 207 g/mol. The summed E-state index contributed by atoms with van der Waals surface area (Å²) in [7, 11) is 3.60. The minimum absolute atomic E-state index is 0.0767. The van der Waals surface area contributed by atoms with Crippen molar-refractivity contribution >= 4 is 12.0 Å². The van der Waals surface area contributed by atoms with E-state index in [-0.39, 0.29) is 17.3 Å². The van der Waals surface area contributed by atoms with E-state index < -0.39 is 0 Å². The second kappa shape index (κ2) is 4.46. The van der Waals surface area contributed by atoms with Gasteiger partial charge in [0.1, 0.15) is 6.07 Å². The average Bonchev–Trinajstić information content (AvgIpc) is 2.51. The third kappa shape index (κ3) is 2.26. The summed E-state index contributed by atoms with van der Waals surface area (Å²) in [6.07, 6.45) is 1.51. The number of rotatable bonds is 3. The van der Waals surface area contributed by atoms with Crippen LogP contribution in [0.15, 0.2) is 4.99 Å². The fourth-order valence-electron chi connectivity index (χ4n) is 1.03. The third-order valence-corrected chi connectivity index (χ3v) is 1.72. The van der Waals surface area contributed by atoms with E-state index in [2.05, 4.69) is 10.1 Å². The van der Waals surface area contributed by atoms with Gasteiger partial charge in [0.25, 0.3) is 0 Å². The number of aryl methyl sites for hydroxylation is 1. The highest BCUT2D eigenvalue weighted by atomic mass is 16.3. The Hall–Kier alpha value is -2.03. The third-order valence-electron chi connectivity index (χ3n) is 1.72. The van der Waals surface area contributed by atoms with E-state index in [1.807, 2.05) is 13.0 Å². The standard InChI is InChI=1S/C9H13N5O/c1-4-14-9(15)8(7(5-10)12-14)11-6-13(2)3/h6,15H,4H2,1-3H3/b11-6+. The smallest absolute Gasteiger partial charge is 0.237 e. The molecule has 1 rings (SSSR count). The molecular weight excluding hydrogens is 194 g/mol. The van der Waals surface area contributed by atoms with Crippen molar-refractivity contribution in [2.24, 2.45) is 4.99 Å². The lowest BCUT2D eigenvalue weighted by atomic mass is 10.4. The van der Waals surface area contributed by atoms with E-state index in [4.69, 9.17) is 5.26 Å². The first-order valence-electron chi connectivity index (χ1n) is 4.50. The number of hydrogen-bond donors (Lipinski definition) is 1. The highest BCUT2D eigenvalue weighted by Gasteiger charge is 2.14. The van der Waals surface area contributed by atoms with Crippen molar-refractivity contribution in [2.75, 3.05) is 14.1 Å². The van der Waals surface area contributed by atoms with E-state index >= 15 is 0 Å². The Morgan fingerprint density at radius 1 is 1.67 bits per heavy atom. The van der Waals surface area contributed by atoms with Crippen molar-refractivity contribution in [3.8, 4) is 11.9 Å². The summed E-state index contributed by atoms with van der Waals surface area (Å²) in [5.41, 5.74) is 0.348. The monoisotopic (exact) mass is 207 g/mol. The first-order valence-corrected chi connectivity index (χ1v) is 4.50. The fourth-order valence-corrected chi connectivity index (χ4v) is 1.03. The molecule has 6 heteroatoms. The van der Waals surface area contributed by atoms with Gasteiger partial charge in [0.2, 0.25) is 5.88 Å². The van der Waals surface area contributed by atoms with Crippen LogP contribution in [0.5, 0.6) is 5.88 Å². The molecule has 0 fully saturated rings. The van der Waals surface area contributed by atoms with Gasteiger partial charge in [-0.15, -0.1) is 0 Å². The maximum absolute atomic E-state index is 9.67. The molecule has 1 heterocycles. The molecule has 0 aliphatic heterocycles. The maximum Gasteiger partial charge on any atom is 0.237 e. The molecule has 0 aromatic carbocycles. The van der Waals surface area contributed by atoms with Gasteiger partial charge in [-0.25, -0.2) is 9.67 Å². The van der Waals surface area contributed by atoms with Gasteiger partial charge in [0, 0.05) is 20.6 Å². The van der Waals surface area contributed by atoms with Gasteiger partial charge in [0.05, 0.1) is 6.34 Å². The van der Waals surface area contributed by atoms with Gasteiger partial charge in [-0.1, -0.05) is 0 Å². The Bertz CT molecular complexity index is 413. The van der Waals surface area contributed by atoms with Gasteiger partial charge in [-0.3, -0.25) is 0 Å². The van der Waals surface area contributed by atoms with E-state index in [1.165, 1.54) is 11.0 Å². The molecule has 15 heavy (non-hydrogen) atoms. The number of aromatic nitrogens is 2. The molecule has 0 spiro atoms. The zero-order valence-electron chi connectivity index (χ0n) is 8.97. The van der Waals surface area contributed by atoms with Crippen molar-refractivity contribution in [3.63, 3.8) is 0 Å². The van der Waals surface area contributed by atoms with Crippen LogP contribution in [0, 0.1) is 11.3 Å². The van der Waals surface area contributed by atoms with Gasteiger partial charge >= 0.3 is 0 Å². The zero-order chi connectivity index (χ0) is 11.4. The Kier molecular flexibility index (Phi) is 3.29. The summed E-state index contributed by atoms with van der Waals surface area (Å²) in [6.45, 7) is 2.32. The van der Waals surface area contributed by atoms with Gasteiger partial charge in [-0.2, -0.15) is 10.4 Å². The van der Waals surface area contributed by atoms with Crippen molar-refractivity contribution in [1.29, 1.82) is 5.26 Å². The Morgan fingerprint density at radius 3 is 2.80 bits per heavy atom. The van der Waals surface area contributed by atoms with E-state index in [1.54, 1.807) is 19.0 Å². The Balaban J connectivity index is 3.16. The minimum Gasteiger partial charge on any atom is -0.492 e. The summed E-state index contributed by atoms with van der Waals surface area (Å²) in [4.78, 5) is 5.70. The molecule has 1 aromatic heterocycles. The molecule has 0 bridgehead atoms. The van der Waals surface area contributed by atoms with Crippen LogP contribution < -0.4 is 0 Å². The molecule has 0 saturated carbocycles. The minimum atomic E-state index is -0.0767. The molecule has 1 aromatic rings. The topological polar surface area (TPSA) is 77.4 Å². The zero-order valence-corrected chi connectivity index (χ0v) is 8.97. The van der Waals surface area contributed by atoms with Crippen LogP contribution >= 0.6 is 0 Å². The lowest BCUT2D eigenvalue weighted by Gasteiger charge is -2.01. The van der Waals surface area contributed by atoms with Crippen LogP contribution in [0.1, 0.15) is 12.6 Å². The predicted octanol–water partition coefficient (Wildman–Crippen LogP) is 0.702. The second-order valence-corrected chi connectivity index (χ2v) is 3.16. The summed E-state index contributed by atoms with van der Waals surface area (Å²) >= 11 is 0. The largest absolute Gasteiger partial charge is 0.492 e. The van der Waals surface area contributed by atoms with Gasteiger partial charge < -0.3 is 10.0 Å². The van der Waals surface area contributed by atoms with E-state index in [9.17, 15) is 5.11 Å². The van der Waals surface area contributed by atoms with Crippen molar-refractivity contribution in [2.45, 2.75) is 13.5 Å². The lowest BCUT2D eigenvalue weighted by molar-refractivity contribution is 0.406. The second-order valence-electron chi connectivity index (χ2n) is 3.16. The fraction of sp³-hybridized carbons (Fsp3) is 0.444. The van der Waals surface area contributed by atoms with Crippen LogP contribution in [0.25, 0.3) is 0 Å². The molecule has 0 unspecified atom stereocenters. The first kappa shape index (κ1) is 11.0. The molecule has 80 valence electrons. The molecule has 0 aliphatic rings. The van der Waals surface area contributed by atoms with Crippen LogP contribution in [0.4, 0.5) is 5.69 Å². The van der Waals surface area contributed by atoms with Gasteiger partial charge in [-0.05, 0) is 6.92 Å². The van der Waals surface area contributed by atoms with Crippen LogP contribution in [-0.2, 0) is 6.54 Å². The molecule has 0 radical (unpaired) electrons. The van der Waals surface area contributed by atoms with Crippen LogP contribution in [0.2, 0.25) is 0 Å². The number of aliphatic imine (C=N–C) groups is 1. The summed E-state index contributed by atoms with van der Waals surface area (Å²) in [5, 5.41) is 22.4. The number of hydrogen-bond acceptors (Lipinski definition) is 4. The number of nitriles is 1.